The minimum Gasteiger partial charge on any atom is -0.326 e. The van der Waals surface area contributed by atoms with Crippen molar-refractivity contribution in [2.75, 3.05) is 5.32 Å². The molecule has 1 amide bonds. The van der Waals surface area contributed by atoms with Crippen LogP contribution in [0.1, 0.15) is 23.4 Å². The van der Waals surface area contributed by atoms with Crippen molar-refractivity contribution in [2.24, 2.45) is 0 Å². The summed E-state index contributed by atoms with van der Waals surface area (Å²) in [6.45, 7) is 5.81. The molecular formula is C23H22FN5O2. The van der Waals surface area contributed by atoms with Crippen molar-refractivity contribution in [3.05, 3.63) is 81.8 Å². The fraction of sp³-hybridized carbons (Fsp3) is 0.217. The minimum absolute atomic E-state index is 0.132. The van der Waals surface area contributed by atoms with Gasteiger partial charge in [0.2, 0.25) is 5.91 Å². The number of anilines is 1. The first-order chi connectivity index (χ1) is 14.8. The Morgan fingerprint density at radius 2 is 1.84 bits per heavy atom. The molecular weight excluding hydrogens is 397 g/mol. The van der Waals surface area contributed by atoms with E-state index in [9.17, 15) is 14.0 Å². The highest BCUT2D eigenvalue weighted by atomic mass is 19.1. The fourth-order valence-corrected chi connectivity index (χ4v) is 3.44. The molecule has 0 aliphatic heterocycles. The van der Waals surface area contributed by atoms with Crippen LogP contribution in [0.4, 0.5) is 10.1 Å². The Labute approximate surface area is 178 Å². The number of aromatic nitrogens is 4. The molecule has 0 spiro atoms. The molecule has 158 valence electrons. The highest BCUT2D eigenvalue weighted by molar-refractivity contribution is 5.91. The summed E-state index contributed by atoms with van der Waals surface area (Å²) in [4.78, 5) is 30.0. The Morgan fingerprint density at radius 1 is 1.10 bits per heavy atom. The molecule has 0 saturated carbocycles. The van der Waals surface area contributed by atoms with Gasteiger partial charge in [-0.15, -0.1) is 0 Å². The van der Waals surface area contributed by atoms with Crippen LogP contribution in [0.15, 0.2) is 53.5 Å². The lowest BCUT2D eigenvalue weighted by Crippen LogP contribution is -2.26. The molecule has 1 N–H and O–H groups in total. The largest absolute Gasteiger partial charge is 0.326 e. The average molecular weight is 419 g/mol. The molecule has 2 aromatic heterocycles. The average Bonchev–Trinajstić information content (AvgIpc) is 3.15. The Kier molecular flexibility index (Phi) is 5.37. The van der Waals surface area contributed by atoms with Crippen LogP contribution in [0.2, 0.25) is 0 Å². The number of hydrogen-bond acceptors (Lipinski definition) is 4. The summed E-state index contributed by atoms with van der Waals surface area (Å²) < 4.78 is 16.2. The highest BCUT2D eigenvalue weighted by Crippen LogP contribution is 2.17. The molecule has 2 aromatic carbocycles. The van der Waals surface area contributed by atoms with Gasteiger partial charge in [-0.25, -0.2) is 14.1 Å². The summed E-state index contributed by atoms with van der Waals surface area (Å²) in [6, 6.07) is 11.7. The molecule has 31 heavy (non-hydrogen) atoms. The van der Waals surface area contributed by atoms with Crippen LogP contribution in [-0.4, -0.2) is 25.2 Å². The topological polar surface area (TPSA) is 81.8 Å². The van der Waals surface area contributed by atoms with Gasteiger partial charge in [-0.1, -0.05) is 12.1 Å². The number of aryl methyl sites for hydroxylation is 3. The number of halogens is 1. The molecule has 7 nitrogen and oxygen atoms in total. The second kappa shape index (κ2) is 8.14. The summed E-state index contributed by atoms with van der Waals surface area (Å²) in [5.74, 6) is -0.0613. The maximum atomic E-state index is 13.2. The van der Waals surface area contributed by atoms with E-state index in [0.717, 1.165) is 16.8 Å². The molecule has 0 aliphatic rings. The third-order valence-corrected chi connectivity index (χ3v) is 5.18. The van der Waals surface area contributed by atoms with E-state index in [1.165, 1.54) is 27.6 Å². The third kappa shape index (κ3) is 4.09. The van der Waals surface area contributed by atoms with Crippen molar-refractivity contribution < 1.29 is 9.18 Å². The van der Waals surface area contributed by atoms with Gasteiger partial charge in [0.25, 0.3) is 5.56 Å². The highest BCUT2D eigenvalue weighted by Gasteiger charge is 2.15. The molecule has 0 saturated heterocycles. The van der Waals surface area contributed by atoms with Gasteiger partial charge >= 0.3 is 0 Å². The summed E-state index contributed by atoms with van der Waals surface area (Å²) in [6.07, 6.45) is 1.58. The molecule has 0 atom stereocenters. The van der Waals surface area contributed by atoms with E-state index in [0.29, 0.717) is 22.5 Å². The number of carbonyl (C=O) groups excluding carboxylic acids is 1. The first-order valence-corrected chi connectivity index (χ1v) is 9.91. The first kappa shape index (κ1) is 20.5. The molecule has 0 unspecified atom stereocenters. The van der Waals surface area contributed by atoms with Crippen molar-refractivity contribution in [1.82, 2.24) is 19.3 Å². The smallest absolute Gasteiger partial charge is 0.264 e. The normalized spacial score (nSPS) is 11.1. The van der Waals surface area contributed by atoms with Crippen molar-refractivity contribution >= 4 is 22.6 Å². The fourth-order valence-electron chi connectivity index (χ4n) is 3.44. The van der Waals surface area contributed by atoms with Crippen molar-refractivity contribution in [3.8, 4) is 5.69 Å². The van der Waals surface area contributed by atoms with Crippen LogP contribution in [0.3, 0.4) is 0 Å². The van der Waals surface area contributed by atoms with E-state index in [-0.39, 0.29) is 30.2 Å². The molecule has 4 rings (SSSR count). The van der Waals surface area contributed by atoms with Gasteiger partial charge in [-0.2, -0.15) is 5.10 Å². The van der Waals surface area contributed by atoms with Crippen LogP contribution in [0.5, 0.6) is 0 Å². The molecule has 0 fully saturated rings. The van der Waals surface area contributed by atoms with Crippen LogP contribution in [-0.2, 0) is 11.3 Å². The molecule has 2 heterocycles. The van der Waals surface area contributed by atoms with Gasteiger partial charge < -0.3 is 5.32 Å². The maximum Gasteiger partial charge on any atom is 0.264 e. The van der Waals surface area contributed by atoms with Crippen LogP contribution in [0.25, 0.3) is 16.7 Å². The number of amides is 1. The Hall–Kier alpha value is -3.81. The van der Waals surface area contributed by atoms with Crippen LogP contribution < -0.4 is 10.9 Å². The lowest BCUT2D eigenvalue weighted by Gasteiger charge is -2.12. The Bertz CT molecular complexity index is 1340. The zero-order valence-corrected chi connectivity index (χ0v) is 17.5. The molecule has 0 radical (unpaired) electrons. The van der Waals surface area contributed by atoms with Crippen molar-refractivity contribution in [1.29, 1.82) is 0 Å². The van der Waals surface area contributed by atoms with E-state index in [2.05, 4.69) is 15.4 Å². The third-order valence-electron chi connectivity index (χ3n) is 5.18. The SMILES string of the molecule is Cc1ccc(C)c(NC(=O)CCn2c(C)nc3c(cnn3-c3ccc(F)cc3)c2=O)c1. The monoisotopic (exact) mass is 419 g/mol. The molecule has 0 bridgehead atoms. The number of fused-ring (bicyclic) bond motifs is 1. The standard InChI is InChI=1S/C23H22FN5O2/c1-14-4-5-15(2)20(12-14)27-21(30)10-11-28-16(3)26-22-19(23(28)31)13-25-29(22)18-8-6-17(24)7-9-18/h4-9,12-13H,10-11H2,1-3H3,(H,27,30). The molecule has 0 aliphatic carbocycles. The number of benzene rings is 2. The van der Waals surface area contributed by atoms with Gasteiger partial charge in [0.05, 0.1) is 11.9 Å². The predicted octanol–water partition coefficient (Wildman–Crippen LogP) is 3.68. The van der Waals surface area contributed by atoms with E-state index in [1.807, 2.05) is 32.0 Å². The van der Waals surface area contributed by atoms with E-state index in [1.54, 1.807) is 19.1 Å². The van der Waals surface area contributed by atoms with Crippen molar-refractivity contribution in [2.45, 2.75) is 33.7 Å². The van der Waals surface area contributed by atoms with E-state index >= 15 is 0 Å². The van der Waals surface area contributed by atoms with Crippen LogP contribution in [0, 0.1) is 26.6 Å². The number of hydrogen-bond donors (Lipinski definition) is 1. The van der Waals surface area contributed by atoms with Crippen LogP contribution >= 0.6 is 0 Å². The lowest BCUT2D eigenvalue weighted by atomic mass is 10.1. The zero-order valence-electron chi connectivity index (χ0n) is 17.5. The summed E-state index contributed by atoms with van der Waals surface area (Å²) >= 11 is 0. The van der Waals surface area contributed by atoms with E-state index in [4.69, 9.17) is 0 Å². The number of carbonyl (C=O) groups is 1. The molecule has 8 heteroatoms. The predicted molar refractivity (Wildman–Crippen MR) is 117 cm³/mol. The second-order valence-electron chi connectivity index (χ2n) is 7.50. The summed E-state index contributed by atoms with van der Waals surface area (Å²) in [5.41, 5.74) is 3.53. The van der Waals surface area contributed by atoms with Gasteiger partial charge in [-0.05, 0) is 62.2 Å². The summed E-state index contributed by atoms with van der Waals surface area (Å²) in [5, 5.41) is 7.49. The number of rotatable bonds is 5. The Balaban J connectivity index is 1.57. The van der Waals surface area contributed by atoms with E-state index < -0.39 is 0 Å². The first-order valence-electron chi connectivity index (χ1n) is 9.91. The maximum absolute atomic E-state index is 13.2. The summed E-state index contributed by atoms with van der Waals surface area (Å²) in [7, 11) is 0. The molecule has 4 aromatic rings. The quantitative estimate of drug-likeness (QED) is 0.535. The van der Waals surface area contributed by atoms with Gasteiger partial charge in [-0.3, -0.25) is 14.2 Å². The lowest BCUT2D eigenvalue weighted by molar-refractivity contribution is -0.116. The van der Waals surface area contributed by atoms with Crippen molar-refractivity contribution in [3.63, 3.8) is 0 Å². The minimum atomic E-state index is -0.356. The van der Waals surface area contributed by atoms with Gasteiger partial charge in [0.15, 0.2) is 5.65 Å². The van der Waals surface area contributed by atoms with Gasteiger partial charge in [0, 0.05) is 18.7 Å². The zero-order chi connectivity index (χ0) is 22.1. The van der Waals surface area contributed by atoms with Gasteiger partial charge in [0.1, 0.15) is 17.0 Å². The second-order valence-corrected chi connectivity index (χ2v) is 7.50. The number of nitrogens with zero attached hydrogens (tertiary/aromatic N) is 4. The Morgan fingerprint density at radius 3 is 2.58 bits per heavy atom. The number of nitrogens with one attached hydrogen (secondary N) is 1.